The summed E-state index contributed by atoms with van der Waals surface area (Å²) < 4.78 is 0. The molecule has 0 amide bonds. The Morgan fingerprint density at radius 3 is 2.40 bits per heavy atom. The summed E-state index contributed by atoms with van der Waals surface area (Å²) in [6.07, 6.45) is 9.34. The number of nitrogens with zero attached hydrogens (tertiary/aromatic N) is 1. The van der Waals surface area contributed by atoms with Gasteiger partial charge < -0.3 is 5.73 Å². The van der Waals surface area contributed by atoms with Crippen LogP contribution in [0.3, 0.4) is 0 Å². The van der Waals surface area contributed by atoms with E-state index in [9.17, 15) is 0 Å². The molecule has 1 aliphatic carbocycles. The zero-order valence-corrected chi connectivity index (χ0v) is 12.8. The van der Waals surface area contributed by atoms with Crippen molar-refractivity contribution in [2.24, 2.45) is 5.73 Å². The molecule has 0 spiro atoms. The van der Waals surface area contributed by atoms with Gasteiger partial charge in [-0.15, -0.1) is 0 Å². The average Bonchev–Trinajstić information content (AvgIpc) is 2.98. The van der Waals surface area contributed by atoms with Crippen molar-refractivity contribution in [3.63, 3.8) is 0 Å². The first-order valence-corrected chi connectivity index (χ1v) is 8.30. The van der Waals surface area contributed by atoms with Crippen molar-refractivity contribution in [3.05, 3.63) is 35.4 Å². The van der Waals surface area contributed by atoms with Crippen LogP contribution in [0.2, 0.25) is 0 Å². The molecule has 1 unspecified atom stereocenters. The molecule has 2 aliphatic rings. The maximum atomic E-state index is 6.79. The Labute approximate surface area is 123 Å². The second kappa shape index (κ2) is 5.87. The Balaban J connectivity index is 1.89. The number of rotatable bonds is 3. The van der Waals surface area contributed by atoms with Crippen molar-refractivity contribution in [2.45, 2.75) is 63.5 Å². The monoisotopic (exact) mass is 272 g/mol. The predicted molar refractivity (Wildman–Crippen MR) is 84.7 cm³/mol. The summed E-state index contributed by atoms with van der Waals surface area (Å²) in [6.45, 7) is 4.66. The van der Waals surface area contributed by atoms with E-state index in [1.54, 1.807) is 0 Å². The van der Waals surface area contributed by atoms with Crippen molar-refractivity contribution in [1.82, 2.24) is 4.90 Å². The van der Waals surface area contributed by atoms with Gasteiger partial charge in [-0.25, -0.2) is 0 Å². The minimum Gasteiger partial charge on any atom is -0.322 e. The van der Waals surface area contributed by atoms with Gasteiger partial charge in [-0.2, -0.15) is 0 Å². The van der Waals surface area contributed by atoms with Crippen LogP contribution in [0.1, 0.15) is 62.1 Å². The number of hydrogen-bond donors (Lipinski definition) is 1. The van der Waals surface area contributed by atoms with Crippen molar-refractivity contribution in [3.8, 4) is 0 Å². The van der Waals surface area contributed by atoms with E-state index in [0.29, 0.717) is 0 Å². The fourth-order valence-corrected chi connectivity index (χ4v) is 4.32. The number of piperidine rings is 1. The van der Waals surface area contributed by atoms with Crippen molar-refractivity contribution < 1.29 is 0 Å². The van der Waals surface area contributed by atoms with Gasteiger partial charge in [0.15, 0.2) is 0 Å². The molecule has 2 N–H and O–H groups in total. The third-order valence-corrected chi connectivity index (χ3v) is 5.44. The number of nitrogens with two attached hydrogens (primary N) is 1. The molecule has 0 aromatic heterocycles. The molecule has 1 saturated heterocycles. The normalized spacial score (nSPS) is 24.7. The van der Waals surface area contributed by atoms with Crippen LogP contribution >= 0.6 is 0 Å². The molecule has 2 heteroatoms. The van der Waals surface area contributed by atoms with E-state index >= 15 is 0 Å². The number of likely N-dealkylation sites (tertiary alicyclic amines) is 1. The van der Waals surface area contributed by atoms with Crippen LogP contribution < -0.4 is 5.73 Å². The highest BCUT2D eigenvalue weighted by Gasteiger charge is 2.45. The lowest BCUT2D eigenvalue weighted by Crippen LogP contribution is -2.55. The summed E-state index contributed by atoms with van der Waals surface area (Å²) in [4.78, 5) is 2.73. The summed E-state index contributed by atoms with van der Waals surface area (Å²) in [5.41, 5.74) is 9.68. The standard InChI is InChI=1S/C18H28N2/c1-15-8-7-9-16(14-15)17(19)18(10-3-4-11-18)20-12-5-2-6-13-20/h7-9,14,17H,2-6,10-13,19H2,1H3. The average molecular weight is 272 g/mol. The van der Waals surface area contributed by atoms with Crippen LogP contribution in [0.5, 0.6) is 0 Å². The van der Waals surface area contributed by atoms with E-state index < -0.39 is 0 Å². The molecule has 110 valence electrons. The van der Waals surface area contributed by atoms with Gasteiger partial charge in [0.1, 0.15) is 0 Å². The Kier molecular flexibility index (Phi) is 4.13. The Bertz CT molecular complexity index is 442. The topological polar surface area (TPSA) is 29.3 Å². The zero-order chi connectivity index (χ0) is 14.0. The first-order chi connectivity index (χ1) is 9.72. The minimum atomic E-state index is 0.169. The van der Waals surface area contributed by atoms with Crippen molar-refractivity contribution >= 4 is 0 Å². The molecule has 2 nitrogen and oxygen atoms in total. The Hall–Kier alpha value is -0.860. The van der Waals surface area contributed by atoms with Crippen molar-refractivity contribution in [2.75, 3.05) is 13.1 Å². The minimum absolute atomic E-state index is 0.169. The molecule has 1 aromatic rings. The molecule has 1 aliphatic heterocycles. The fourth-order valence-electron chi connectivity index (χ4n) is 4.32. The van der Waals surface area contributed by atoms with E-state index in [1.165, 1.54) is 69.2 Å². The third kappa shape index (κ3) is 2.51. The highest BCUT2D eigenvalue weighted by atomic mass is 15.2. The quantitative estimate of drug-likeness (QED) is 0.907. The summed E-state index contributed by atoms with van der Waals surface area (Å²) >= 11 is 0. The van der Waals surface area contributed by atoms with Crippen LogP contribution in [0.4, 0.5) is 0 Å². The van der Waals surface area contributed by atoms with Gasteiger partial charge in [-0.1, -0.05) is 49.1 Å². The van der Waals surface area contributed by atoms with Crippen LogP contribution in [-0.4, -0.2) is 23.5 Å². The molecule has 1 aromatic carbocycles. The molecular weight excluding hydrogens is 244 g/mol. The maximum Gasteiger partial charge on any atom is 0.0482 e. The smallest absolute Gasteiger partial charge is 0.0482 e. The molecule has 0 radical (unpaired) electrons. The highest BCUT2D eigenvalue weighted by molar-refractivity contribution is 5.28. The number of aryl methyl sites for hydroxylation is 1. The maximum absolute atomic E-state index is 6.79. The Morgan fingerprint density at radius 2 is 1.75 bits per heavy atom. The Morgan fingerprint density at radius 1 is 1.05 bits per heavy atom. The molecule has 2 fully saturated rings. The zero-order valence-electron chi connectivity index (χ0n) is 12.8. The summed E-state index contributed by atoms with van der Waals surface area (Å²) in [6, 6.07) is 9.00. The van der Waals surface area contributed by atoms with Crippen LogP contribution in [0.15, 0.2) is 24.3 Å². The highest BCUT2D eigenvalue weighted by Crippen LogP contribution is 2.44. The summed E-state index contributed by atoms with van der Waals surface area (Å²) in [7, 11) is 0. The van der Waals surface area contributed by atoms with Crippen LogP contribution in [0, 0.1) is 6.92 Å². The van der Waals surface area contributed by atoms with Gasteiger partial charge in [0.25, 0.3) is 0 Å². The SMILES string of the molecule is Cc1cccc(C(N)C2(N3CCCCC3)CCCC2)c1. The molecule has 0 bridgehead atoms. The van der Waals surface area contributed by atoms with Gasteiger partial charge in [0.05, 0.1) is 0 Å². The lowest BCUT2D eigenvalue weighted by Gasteiger charge is -2.47. The largest absolute Gasteiger partial charge is 0.322 e. The molecule has 1 atom stereocenters. The van der Waals surface area contributed by atoms with Gasteiger partial charge in [-0.3, -0.25) is 4.90 Å². The number of benzene rings is 1. The van der Waals surface area contributed by atoms with E-state index in [0.717, 1.165) is 0 Å². The fraction of sp³-hybridized carbons (Fsp3) is 0.667. The summed E-state index contributed by atoms with van der Waals surface area (Å²) in [5.74, 6) is 0. The lowest BCUT2D eigenvalue weighted by molar-refractivity contribution is 0.0478. The van der Waals surface area contributed by atoms with E-state index in [1.807, 2.05) is 0 Å². The predicted octanol–water partition coefficient (Wildman–Crippen LogP) is 3.79. The van der Waals surface area contributed by atoms with Gasteiger partial charge >= 0.3 is 0 Å². The molecule has 3 rings (SSSR count). The van der Waals surface area contributed by atoms with Crippen LogP contribution in [-0.2, 0) is 0 Å². The molecule has 1 heterocycles. The van der Waals surface area contributed by atoms with Gasteiger partial charge in [0, 0.05) is 11.6 Å². The number of hydrogen-bond acceptors (Lipinski definition) is 2. The lowest BCUT2D eigenvalue weighted by atomic mass is 9.81. The molecule has 1 saturated carbocycles. The van der Waals surface area contributed by atoms with E-state index in [2.05, 4.69) is 36.1 Å². The van der Waals surface area contributed by atoms with E-state index in [-0.39, 0.29) is 11.6 Å². The second-order valence-electron chi connectivity index (χ2n) is 6.75. The van der Waals surface area contributed by atoms with E-state index in [4.69, 9.17) is 5.73 Å². The van der Waals surface area contributed by atoms with Gasteiger partial charge in [-0.05, 0) is 51.3 Å². The van der Waals surface area contributed by atoms with Crippen molar-refractivity contribution in [1.29, 1.82) is 0 Å². The third-order valence-electron chi connectivity index (χ3n) is 5.44. The second-order valence-corrected chi connectivity index (χ2v) is 6.75. The summed E-state index contributed by atoms with van der Waals surface area (Å²) in [5, 5.41) is 0. The first-order valence-electron chi connectivity index (χ1n) is 8.30. The molecular formula is C18H28N2. The first kappa shape index (κ1) is 14.1. The molecule has 20 heavy (non-hydrogen) atoms. The van der Waals surface area contributed by atoms with Gasteiger partial charge in [0.2, 0.25) is 0 Å². The van der Waals surface area contributed by atoms with Crippen LogP contribution in [0.25, 0.3) is 0 Å².